The van der Waals surface area contributed by atoms with Gasteiger partial charge in [-0.3, -0.25) is 0 Å². The highest BCUT2D eigenvalue weighted by Gasteiger charge is 2.18. The predicted molar refractivity (Wildman–Crippen MR) is 150 cm³/mol. The maximum absolute atomic E-state index is 12.2. The fourth-order valence-electron chi connectivity index (χ4n) is 4.53. The smallest absolute Gasteiger partial charge is 0.352 e. The van der Waals surface area contributed by atoms with Crippen LogP contribution in [0.2, 0.25) is 0 Å². The Morgan fingerprint density at radius 2 is 1.95 bits per heavy atom. The number of nitrogens with zero attached hydrogens (tertiary/aromatic N) is 3. The van der Waals surface area contributed by atoms with Gasteiger partial charge in [-0.05, 0) is 67.9 Å². The van der Waals surface area contributed by atoms with E-state index in [9.17, 15) is 23.4 Å². The van der Waals surface area contributed by atoms with Gasteiger partial charge in [0.2, 0.25) is 10.0 Å². The Kier molecular flexibility index (Phi) is 8.51. The van der Waals surface area contributed by atoms with E-state index in [-0.39, 0.29) is 41.1 Å². The van der Waals surface area contributed by atoms with Crippen molar-refractivity contribution < 1.29 is 23.4 Å². The molecule has 0 aliphatic heterocycles. The summed E-state index contributed by atoms with van der Waals surface area (Å²) in [6, 6.07) is 17.2. The summed E-state index contributed by atoms with van der Waals surface area (Å²) in [5, 5.41) is 33.5. The summed E-state index contributed by atoms with van der Waals surface area (Å²) in [6.45, 7) is 2.39. The molecule has 0 saturated heterocycles. The zero-order valence-corrected chi connectivity index (χ0v) is 22.8. The maximum Gasteiger partial charge on any atom is 0.352 e. The second kappa shape index (κ2) is 11.8. The number of anilines is 1. The Bertz CT molecular complexity index is 1710. The van der Waals surface area contributed by atoms with Gasteiger partial charge in [-0.25, -0.2) is 22.9 Å². The van der Waals surface area contributed by atoms with Crippen LogP contribution in [0.15, 0.2) is 65.7 Å². The molecule has 2 atom stereocenters. The average Bonchev–Trinajstić information content (AvgIpc) is 3.29. The molecule has 0 aliphatic rings. The zero-order chi connectivity index (χ0) is 29.0. The van der Waals surface area contributed by atoms with Crippen LogP contribution in [0.1, 0.15) is 45.8 Å². The number of rotatable bonds is 11. The van der Waals surface area contributed by atoms with Gasteiger partial charge in [0, 0.05) is 41.8 Å². The van der Waals surface area contributed by atoms with Crippen LogP contribution in [-0.2, 0) is 23.0 Å². The van der Waals surface area contributed by atoms with Crippen LogP contribution in [0, 0.1) is 11.3 Å². The molecule has 2 heterocycles. The highest BCUT2D eigenvalue weighted by atomic mass is 32.2. The standard InChI is InChI=1S/C28H30N6O5S/c1-17(32-15-26(35)22-11-21(13-29)27(30)33-14-22)8-18-6-7-24-20(9-18)12-25(28(36)37)34(24)16-19-4-3-5-23(10-19)40(38,39)31-2/h3-7,9-12,14,17,26,31-32,35H,8,15-16H2,1-2H3,(H2,30,33)(H,36,37). The third-order valence-electron chi connectivity index (χ3n) is 6.65. The topological polar surface area (TPSA) is 183 Å². The zero-order valence-electron chi connectivity index (χ0n) is 22.0. The molecular formula is C28H30N6O5S. The summed E-state index contributed by atoms with van der Waals surface area (Å²) < 4.78 is 28.4. The van der Waals surface area contributed by atoms with E-state index in [2.05, 4.69) is 15.0 Å². The molecule has 208 valence electrons. The number of hydrogen-bond donors (Lipinski definition) is 5. The largest absolute Gasteiger partial charge is 0.477 e. The normalized spacial score (nSPS) is 13.2. The fraction of sp³-hybridized carbons (Fsp3) is 0.250. The first-order valence-corrected chi connectivity index (χ1v) is 14.0. The Hall–Kier alpha value is -4.28. The minimum Gasteiger partial charge on any atom is -0.477 e. The molecule has 0 amide bonds. The van der Waals surface area contributed by atoms with Crippen LogP contribution >= 0.6 is 0 Å². The van der Waals surface area contributed by atoms with Gasteiger partial charge in [0.1, 0.15) is 17.6 Å². The van der Waals surface area contributed by atoms with Gasteiger partial charge in [0.25, 0.3) is 0 Å². The Labute approximate surface area is 231 Å². The highest BCUT2D eigenvalue weighted by molar-refractivity contribution is 7.89. The van der Waals surface area contributed by atoms with Gasteiger partial charge < -0.3 is 25.8 Å². The molecule has 6 N–H and O–H groups in total. The summed E-state index contributed by atoms with van der Waals surface area (Å²) >= 11 is 0. The molecular weight excluding hydrogens is 532 g/mol. The molecule has 11 nitrogen and oxygen atoms in total. The summed E-state index contributed by atoms with van der Waals surface area (Å²) in [4.78, 5) is 16.1. The molecule has 2 unspecified atom stereocenters. The minimum absolute atomic E-state index is 0.0258. The molecule has 2 aromatic carbocycles. The van der Waals surface area contributed by atoms with Crippen molar-refractivity contribution in [1.82, 2.24) is 19.6 Å². The number of carboxylic acid groups (broad SMARTS) is 1. The molecule has 4 aromatic rings. The summed E-state index contributed by atoms with van der Waals surface area (Å²) in [5.41, 5.74) is 8.78. The second-order valence-electron chi connectivity index (χ2n) is 9.51. The number of fused-ring (bicyclic) bond motifs is 1. The number of hydrogen-bond acceptors (Lipinski definition) is 8. The van der Waals surface area contributed by atoms with E-state index >= 15 is 0 Å². The lowest BCUT2D eigenvalue weighted by Gasteiger charge is -2.18. The van der Waals surface area contributed by atoms with E-state index in [0.717, 1.165) is 10.9 Å². The Morgan fingerprint density at radius 3 is 2.65 bits per heavy atom. The number of nitrogens with two attached hydrogens (primary N) is 1. The van der Waals surface area contributed by atoms with E-state index in [1.807, 2.05) is 31.2 Å². The van der Waals surface area contributed by atoms with E-state index < -0.39 is 22.1 Å². The van der Waals surface area contributed by atoms with Crippen molar-refractivity contribution in [1.29, 1.82) is 5.26 Å². The van der Waals surface area contributed by atoms with Crippen LogP contribution in [0.3, 0.4) is 0 Å². The van der Waals surface area contributed by atoms with E-state index in [1.165, 1.54) is 31.4 Å². The second-order valence-corrected chi connectivity index (χ2v) is 11.4. The van der Waals surface area contributed by atoms with Crippen molar-refractivity contribution in [2.45, 2.75) is 36.9 Å². The number of sulfonamides is 1. The van der Waals surface area contributed by atoms with Gasteiger partial charge >= 0.3 is 5.97 Å². The van der Waals surface area contributed by atoms with E-state index in [0.29, 0.717) is 23.1 Å². The monoisotopic (exact) mass is 562 g/mol. The van der Waals surface area contributed by atoms with Gasteiger partial charge in [-0.15, -0.1) is 0 Å². The van der Waals surface area contributed by atoms with Crippen LogP contribution < -0.4 is 15.8 Å². The van der Waals surface area contributed by atoms with Gasteiger partial charge in [0.15, 0.2) is 0 Å². The third kappa shape index (κ3) is 6.30. The van der Waals surface area contributed by atoms with Crippen molar-refractivity contribution in [2.24, 2.45) is 0 Å². The SMILES string of the molecule is CNS(=O)(=O)c1cccc(Cn2c(C(=O)O)cc3cc(CC(C)NCC(O)c4cnc(N)c(C#N)c4)ccc32)c1. The first kappa shape index (κ1) is 28.7. The van der Waals surface area contributed by atoms with Crippen LogP contribution in [0.25, 0.3) is 10.9 Å². The molecule has 40 heavy (non-hydrogen) atoms. The lowest BCUT2D eigenvalue weighted by Crippen LogP contribution is -2.32. The quantitative estimate of drug-likeness (QED) is 0.183. The number of benzene rings is 2. The third-order valence-corrected chi connectivity index (χ3v) is 8.06. The lowest BCUT2D eigenvalue weighted by atomic mass is 10.0. The number of aromatic nitrogens is 2. The van der Waals surface area contributed by atoms with Crippen molar-refractivity contribution in [2.75, 3.05) is 19.3 Å². The molecule has 0 fully saturated rings. The number of carboxylic acids is 1. The summed E-state index contributed by atoms with van der Waals surface area (Å²) in [7, 11) is -2.30. The summed E-state index contributed by atoms with van der Waals surface area (Å²) in [5.74, 6) is -0.970. The molecule has 12 heteroatoms. The Morgan fingerprint density at radius 1 is 1.18 bits per heavy atom. The van der Waals surface area contributed by atoms with E-state index in [1.54, 1.807) is 22.8 Å². The molecule has 0 saturated carbocycles. The van der Waals surface area contributed by atoms with Crippen molar-refractivity contribution in [3.05, 3.63) is 88.7 Å². The summed E-state index contributed by atoms with van der Waals surface area (Å²) in [6.07, 6.45) is 1.18. The molecule has 0 bridgehead atoms. The molecule has 0 aliphatic carbocycles. The Balaban J connectivity index is 1.50. The number of pyridine rings is 1. The number of nitrogens with one attached hydrogen (secondary N) is 2. The first-order chi connectivity index (χ1) is 19.0. The van der Waals surface area contributed by atoms with Crippen LogP contribution in [0.4, 0.5) is 5.82 Å². The van der Waals surface area contributed by atoms with Crippen LogP contribution in [0.5, 0.6) is 0 Å². The number of nitrogen functional groups attached to an aromatic ring is 1. The molecule has 0 spiro atoms. The predicted octanol–water partition coefficient (Wildman–Crippen LogP) is 2.40. The maximum atomic E-state index is 12.2. The molecule has 4 rings (SSSR count). The lowest BCUT2D eigenvalue weighted by molar-refractivity contribution is 0.0686. The first-order valence-electron chi connectivity index (χ1n) is 12.5. The number of aliphatic hydroxyl groups is 1. The van der Waals surface area contributed by atoms with Crippen molar-refractivity contribution >= 4 is 32.7 Å². The van der Waals surface area contributed by atoms with Crippen molar-refractivity contribution in [3.8, 4) is 6.07 Å². The number of aliphatic hydroxyl groups excluding tert-OH is 1. The minimum atomic E-state index is -3.64. The van der Waals surface area contributed by atoms with Gasteiger partial charge in [-0.2, -0.15) is 5.26 Å². The number of aromatic carboxylic acids is 1. The fourth-order valence-corrected chi connectivity index (χ4v) is 5.33. The van der Waals surface area contributed by atoms with Gasteiger partial charge in [-0.1, -0.05) is 18.2 Å². The molecule has 2 aromatic heterocycles. The average molecular weight is 563 g/mol. The van der Waals surface area contributed by atoms with Crippen LogP contribution in [-0.4, -0.2) is 53.8 Å². The number of carbonyl (C=O) groups is 1. The highest BCUT2D eigenvalue weighted by Crippen LogP contribution is 2.25. The number of nitriles is 1. The van der Waals surface area contributed by atoms with Gasteiger partial charge in [0.05, 0.1) is 16.6 Å². The van der Waals surface area contributed by atoms with E-state index in [4.69, 9.17) is 11.0 Å². The van der Waals surface area contributed by atoms with Crippen molar-refractivity contribution in [3.63, 3.8) is 0 Å². The molecule has 0 radical (unpaired) electrons.